The minimum absolute atomic E-state index is 0.136. The smallest absolute Gasteiger partial charge is 0.280 e. The molecule has 1 saturated carbocycles. The number of aliphatic hydroxyl groups is 1. The van der Waals surface area contributed by atoms with Gasteiger partial charge in [-0.1, -0.05) is 18.1 Å². The van der Waals surface area contributed by atoms with Crippen LogP contribution in [0.15, 0.2) is 33.8 Å². The molecular weight excluding hydrogens is 444 g/mol. The second-order valence-electron chi connectivity index (χ2n) is 8.36. The number of nitrogens with zero attached hydrogens (tertiary/aromatic N) is 4. The van der Waals surface area contributed by atoms with Crippen molar-refractivity contribution in [3.8, 4) is 22.8 Å². The minimum Gasteiger partial charge on any atom is -0.393 e. The first-order chi connectivity index (χ1) is 15.8. The molecule has 176 valence electrons. The second kappa shape index (κ2) is 9.54. The van der Waals surface area contributed by atoms with Gasteiger partial charge in [0.15, 0.2) is 17.3 Å². The Balaban J connectivity index is 1.65. The molecule has 4 rings (SSSR count). The third kappa shape index (κ3) is 5.21. The van der Waals surface area contributed by atoms with Crippen molar-refractivity contribution in [2.24, 2.45) is 0 Å². The van der Waals surface area contributed by atoms with Crippen LogP contribution in [0.2, 0.25) is 0 Å². The molecule has 0 aliphatic heterocycles. The maximum Gasteiger partial charge on any atom is 0.280 e. The highest BCUT2D eigenvalue weighted by Gasteiger charge is 2.25. The van der Waals surface area contributed by atoms with Crippen LogP contribution in [0.1, 0.15) is 50.4 Å². The third-order valence-electron chi connectivity index (χ3n) is 5.76. The summed E-state index contributed by atoms with van der Waals surface area (Å²) < 4.78 is 34.1. The van der Waals surface area contributed by atoms with Gasteiger partial charge in [-0.15, -0.1) is 0 Å². The Labute approximate surface area is 192 Å². The number of hydrogen-bond donors (Lipinski definition) is 3. The molecule has 0 spiro atoms. The van der Waals surface area contributed by atoms with E-state index < -0.39 is 10.0 Å². The summed E-state index contributed by atoms with van der Waals surface area (Å²) in [7, 11) is -3.74. The van der Waals surface area contributed by atoms with E-state index in [9.17, 15) is 13.5 Å². The first-order valence-electron chi connectivity index (χ1n) is 11.0. The molecule has 1 aliphatic rings. The predicted molar refractivity (Wildman–Crippen MR) is 122 cm³/mol. The summed E-state index contributed by atoms with van der Waals surface area (Å²) in [4.78, 5) is 13.3. The van der Waals surface area contributed by atoms with E-state index in [1.54, 1.807) is 18.2 Å². The number of sulfonamides is 1. The maximum absolute atomic E-state index is 13.0. The highest BCUT2D eigenvalue weighted by Crippen LogP contribution is 2.29. The Hall–Kier alpha value is -2.89. The summed E-state index contributed by atoms with van der Waals surface area (Å²) >= 11 is 0. The maximum atomic E-state index is 13.0. The van der Waals surface area contributed by atoms with Crippen molar-refractivity contribution in [1.29, 1.82) is 0 Å². The fourth-order valence-corrected chi connectivity index (χ4v) is 5.22. The molecular formula is C22H28N6O4S. The lowest BCUT2D eigenvalue weighted by molar-refractivity contribution is 0.120. The monoisotopic (exact) mass is 472 g/mol. The van der Waals surface area contributed by atoms with Crippen molar-refractivity contribution in [3.63, 3.8) is 0 Å². The molecule has 1 fully saturated rings. The lowest BCUT2D eigenvalue weighted by atomic mass is 9.94. The molecule has 1 aliphatic carbocycles. The van der Waals surface area contributed by atoms with Crippen LogP contribution < -0.4 is 10.5 Å². The number of aryl methyl sites for hydroxylation is 2. The highest BCUT2D eigenvalue weighted by molar-refractivity contribution is 7.89. The van der Waals surface area contributed by atoms with Gasteiger partial charge >= 0.3 is 0 Å². The van der Waals surface area contributed by atoms with E-state index in [0.29, 0.717) is 49.2 Å². The summed E-state index contributed by atoms with van der Waals surface area (Å²) in [5, 5.41) is 13.6. The average molecular weight is 473 g/mol. The van der Waals surface area contributed by atoms with Gasteiger partial charge in [0, 0.05) is 18.0 Å². The summed E-state index contributed by atoms with van der Waals surface area (Å²) in [6.45, 7) is 3.88. The SMILES string of the molecule is CCCc1noc(-c2nc(-c3cc(S(=O)(=O)N[C@H]4CC[C@H](O)CC4)ccc3C)cnc2N)n1. The van der Waals surface area contributed by atoms with Crippen molar-refractivity contribution in [3.05, 3.63) is 35.8 Å². The van der Waals surface area contributed by atoms with Crippen LogP contribution in [0.25, 0.3) is 22.8 Å². The average Bonchev–Trinajstić information content (AvgIpc) is 3.24. The summed E-state index contributed by atoms with van der Waals surface area (Å²) in [5.74, 6) is 0.880. The van der Waals surface area contributed by atoms with Crippen molar-refractivity contribution >= 4 is 15.8 Å². The summed E-state index contributed by atoms with van der Waals surface area (Å²) in [6, 6.07) is 4.69. The van der Waals surface area contributed by atoms with Crippen molar-refractivity contribution in [1.82, 2.24) is 24.8 Å². The van der Waals surface area contributed by atoms with Crippen LogP contribution in [-0.2, 0) is 16.4 Å². The van der Waals surface area contributed by atoms with Gasteiger partial charge in [0.25, 0.3) is 5.89 Å². The molecule has 0 saturated heterocycles. The Morgan fingerprint density at radius 2 is 1.97 bits per heavy atom. The van der Waals surface area contributed by atoms with Crippen LogP contribution in [0.5, 0.6) is 0 Å². The first-order valence-corrected chi connectivity index (χ1v) is 12.5. The van der Waals surface area contributed by atoms with E-state index in [1.165, 1.54) is 6.20 Å². The quantitative estimate of drug-likeness (QED) is 0.470. The van der Waals surface area contributed by atoms with Crippen LogP contribution in [0.4, 0.5) is 5.82 Å². The summed E-state index contributed by atoms with van der Waals surface area (Å²) in [5.41, 5.74) is 8.16. The van der Waals surface area contributed by atoms with Gasteiger partial charge in [0.05, 0.1) is 22.9 Å². The molecule has 0 unspecified atom stereocenters. The zero-order valence-corrected chi connectivity index (χ0v) is 19.5. The molecule has 11 heteroatoms. The number of benzene rings is 1. The van der Waals surface area contributed by atoms with Crippen molar-refractivity contribution in [2.75, 3.05) is 5.73 Å². The molecule has 0 atom stereocenters. The number of nitrogens with two attached hydrogens (primary N) is 1. The van der Waals surface area contributed by atoms with Crippen LogP contribution in [-0.4, -0.2) is 45.8 Å². The van der Waals surface area contributed by atoms with E-state index in [-0.39, 0.29) is 34.4 Å². The zero-order valence-electron chi connectivity index (χ0n) is 18.7. The molecule has 1 aromatic carbocycles. The van der Waals surface area contributed by atoms with E-state index in [0.717, 1.165) is 12.0 Å². The second-order valence-corrected chi connectivity index (χ2v) is 10.1. The number of hydrogen-bond acceptors (Lipinski definition) is 9. The van der Waals surface area contributed by atoms with Crippen molar-refractivity contribution < 1.29 is 18.0 Å². The lowest BCUT2D eigenvalue weighted by Crippen LogP contribution is -2.38. The molecule has 33 heavy (non-hydrogen) atoms. The van der Waals surface area contributed by atoms with Crippen LogP contribution >= 0.6 is 0 Å². The zero-order chi connectivity index (χ0) is 23.6. The van der Waals surface area contributed by atoms with Crippen LogP contribution in [0, 0.1) is 6.92 Å². The molecule has 4 N–H and O–H groups in total. The van der Waals surface area contributed by atoms with Gasteiger partial charge in [-0.25, -0.2) is 23.1 Å². The highest BCUT2D eigenvalue weighted by atomic mass is 32.2. The van der Waals surface area contributed by atoms with Gasteiger partial charge in [-0.05, 0) is 56.7 Å². The van der Waals surface area contributed by atoms with Gasteiger partial charge in [-0.2, -0.15) is 4.98 Å². The molecule has 10 nitrogen and oxygen atoms in total. The standard InChI is InChI=1S/C22H28N6O4S/c1-3-4-19-26-22(32-27-19)20-21(23)24-12-18(25-20)17-11-16(10-5-13(17)2)33(30,31)28-14-6-8-15(29)9-7-14/h5,10-12,14-15,28-29H,3-4,6-9H2,1-2H3,(H2,23,24)/t14-,15-. The molecule has 0 amide bonds. The number of rotatable bonds is 7. The van der Waals surface area contributed by atoms with Crippen molar-refractivity contribution in [2.45, 2.75) is 69.4 Å². The molecule has 3 aromatic rings. The number of nitrogens with one attached hydrogen (secondary N) is 1. The Morgan fingerprint density at radius 3 is 2.70 bits per heavy atom. The molecule has 2 heterocycles. The van der Waals surface area contributed by atoms with E-state index >= 15 is 0 Å². The normalized spacial score (nSPS) is 19.0. The minimum atomic E-state index is -3.74. The largest absolute Gasteiger partial charge is 0.393 e. The molecule has 2 aromatic heterocycles. The van der Waals surface area contributed by atoms with Crippen LogP contribution in [0.3, 0.4) is 0 Å². The Bertz CT molecular complexity index is 1240. The third-order valence-corrected chi connectivity index (χ3v) is 7.28. The van der Waals surface area contributed by atoms with E-state index in [2.05, 4.69) is 24.8 Å². The topological polar surface area (TPSA) is 157 Å². The Morgan fingerprint density at radius 1 is 1.21 bits per heavy atom. The molecule has 0 bridgehead atoms. The van der Waals surface area contributed by atoms with Gasteiger partial charge < -0.3 is 15.4 Å². The van der Waals surface area contributed by atoms with Gasteiger partial charge in [-0.3, -0.25) is 0 Å². The lowest BCUT2D eigenvalue weighted by Gasteiger charge is -2.26. The first kappa shape index (κ1) is 23.3. The fraction of sp³-hybridized carbons (Fsp3) is 0.455. The number of aromatic nitrogens is 4. The number of anilines is 1. The Kier molecular flexibility index (Phi) is 6.73. The van der Waals surface area contributed by atoms with Gasteiger partial charge in [0.2, 0.25) is 10.0 Å². The number of aliphatic hydroxyl groups excluding tert-OH is 1. The molecule has 0 radical (unpaired) electrons. The number of nitrogen functional groups attached to an aromatic ring is 1. The van der Waals surface area contributed by atoms with Gasteiger partial charge in [0.1, 0.15) is 0 Å². The van der Waals surface area contributed by atoms with E-state index in [1.807, 2.05) is 13.8 Å². The summed E-state index contributed by atoms with van der Waals surface area (Å²) in [6.07, 6.45) is 5.08. The fourth-order valence-electron chi connectivity index (χ4n) is 3.89. The predicted octanol–water partition coefficient (Wildman–Crippen LogP) is 2.62. The van der Waals surface area contributed by atoms with E-state index in [4.69, 9.17) is 10.3 Å².